The van der Waals surface area contributed by atoms with E-state index < -0.39 is 5.97 Å². The Hall–Kier alpha value is -2.62. The Bertz CT molecular complexity index is 923. The lowest BCUT2D eigenvalue weighted by Crippen LogP contribution is -2.07. The van der Waals surface area contributed by atoms with Crippen LogP contribution in [0.15, 0.2) is 42.7 Å². The number of carbonyl (C=O) groups is 1. The average molecular weight is 320 g/mol. The SMILES string of the molecule is CCn1ccc2cc(Cc3ncc(C4CC4)cc3C(=O)O)ccc21. The Kier molecular flexibility index (Phi) is 3.60. The van der Waals surface area contributed by atoms with Gasteiger partial charge in [-0.1, -0.05) is 6.07 Å². The predicted octanol–water partition coefficient (Wildman–Crippen LogP) is 4.22. The van der Waals surface area contributed by atoms with Crippen LogP contribution < -0.4 is 0 Å². The predicted molar refractivity (Wildman–Crippen MR) is 93.6 cm³/mol. The molecule has 1 saturated carbocycles. The lowest BCUT2D eigenvalue weighted by molar-refractivity contribution is 0.0695. The van der Waals surface area contributed by atoms with Crippen molar-refractivity contribution in [1.29, 1.82) is 0 Å². The summed E-state index contributed by atoms with van der Waals surface area (Å²) in [4.78, 5) is 16.1. The quantitative estimate of drug-likeness (QED) is 0.765. The normalized spacial score (nSPS) is 14.2. The number of nitrogens with zero attached hydrogens (tertiary/aromatic N) is 2. The van der Waals surface area contributed by atoms with Gasteiger partial charge in [0.2, 0.25) is 0 Å². The number of hydrogen-bond donors (Lipinski definition) is 1. The highest BCUT2D eigenvalue weighted by Crippen LogP contribution is 2.40. The number of rotatable bonds is 5. The number of fused-ring (bicyclic) bond motifs is 1. The third kappa shape index (κ3) is 2.68. The molecule has 0 amide bonds. The minimum absolute atomic E-state index is 0.339. The van der Waals surface area contributed by atoms with Crippen molar-refractivity contribution in [1.82, 2.24) is 9.55 Å². The van der Waals surface area contributed by atoms with Crippen LogP contribution in [0.4, 0.5) is 0 Å². The van der Waals surface area contributed by atoms with Crippen LogP contribution in [0, 0.1) is 0 Å². The molecule has 4 nitrogen and oxygen atoms in total. The molecule has 4 rings (SSSR count). The third-order valence-corrected chi connectivity index (χ3v) is 4.82. The van der Waals surface area contributed by atoms with Gasteiger partial charge >= 0.3 is 5.97 Å². The van der Waals surface area contributed by atoms with E-state index in [-0.39, 0.29) is 0 Å². The van der Waals surface area contributed by atoms with Crippen LogP contribution in [0.2, 0.25) is 0 Å². The summed E-state index contributed by atoms with van der Waals surface area (Å²) in [7, 11) is 0. The molecule has 4 heteroatoms. The van der Waals surface area contributed by atoms with Gasteiger partial charge in [-0.2, -0.15) is 0 Å². The average Bonchev–Trinajstić information content (AvgIpc) is 3.35. The number of aromatic nitrogens is 2. The van der Waals surface area contributed by atoms with Crippen molar-refractivity contribution < 1.29 is 9.90 Å². The summed E-state index contributed by atoms with van der Waals surface area (Å²) in [5, 5.41) is 10.7. The second-order valence-electron chi connectivity index (χ2n) is 6.51. The van der Waals surface area contributed by atoms with E-state index in [9.17, 15) is 9.90 Å². The minimum Gasteiger partial charge on any atom is -0.478 e. The maximum absolute atomic E-state index is 11.6. The summed E-state index contributed by atoms with van der Waals surface area (Å²) in [5.74, 6) is -0.381. The van der Waals surface area contributed by atoms with Crippen molar-refractivity contribution in [3.63, 3.8) is 0 Å². The third-order valence-electron chi connectivity index (χ3n) is 4.82. The highest BCUT2D eigenvalue weighted by atomic mass is 16.4. The Labute approximate surface area is 140 Å². The molecular weight excluding hydrogens is 300 g/mol. The van der Waals surface area contributed by atoms with E-state index in [0.29, 0.717) is 23.6 Å². The Balaban J connectivity index is 1.68. The first-order chi connectivity index (χ1) is 11.7. The molecule has 0 unspecified atom stereocenters. The Morgan fingerprint density at radius 2 is 2.12 bits per heavy atom. The fourth-order valence-corrected chi connectivity index (χ4v) is 3.30. The van der Waals surface area contributed by atoms with Crippen LogP contribution in [-0.4, -0.2) is 20.6 Å². The number of benzene rings is 1. The van der Waals surface area contributed by atoms with Crippen LogP contribution in [0.3, 0.4) is 0 Å². The minimum atomic E-state index is -0.891. The first-order valence-corrected chi connectivity index (χ1v) is 8.45. The highest BCUT2D eigenvalue weighted by Gasteiger charge is 2.25. The molecule has 0 saturated heterocycles. The zero-order chi connectivity index (χ0) is 16.7. The first kappa shape index (κ1) is 14.9. The van der Waals surface area contributed by atoms with Gasteiger partial charge in [-0.05, 0) is 66.5 Å². The summed E-state index contributed by atoms with van der Waals surface area (Å²) < 4.78 is 2.20. The van der Waals surface area contributed by atoms with E-state index in [4.69, 9.17) is 0 Å². The number of pyridine rings is 1. The van der Waals surface area contributed by atoms with Crippen LogP contribution in [-0.2, 0) is 13.0 Å². The molecule has 1 aliphatic rings. The van der Waals surface area contributed by atoms with E-state index >= 15 is 0 Å². The largest absolute Gasteiger partial charge is 0.478 e. The van der Waals surface area contributed by atoms with E-state index in [2.05, 4.69) is 46.9 Å². The number of carboxylic acids is 1. The van der Waals surface area contributed by atoms with E-state index in [1.165, 1.54) is 10.9 Å². The molecule has 1 aromatic carbocycles. The van der Waals surface area contributed by atoms with Gasteiger partial charge in [0, 0.05) is 30.9 Å². The molecule has 0 spiro atoms. The number of aromatic carboxylic acids is 1. The van der Waals surface area contributed by atoms with Crippen LogP contribution in [0.1, 0.15) is 52.9 Å². The zero-order valence-electron chi connectivity index (χ0n) is 13.7. The maximum atomic E-state index is 11.6. The maximum Gasteiger partial charge on any atom is 0.337 e. The topological polar surface area (TPSA) is 55.1 Å². The number of carboxylic acid groups (broad SMARTS) is 1. The fourth-order valence-electron chi connectivity index (χ4n) is 3.30. The summed E-state index contributed by atoms with van der Waals surface area (Å²) >= 11 is 0. The summed E-state index contributed by atoms with van der Waals surface area (Å²) in [6, 6.07) is 10.2. The molecule has 1 fully saturated rings. The summed E-state index contributed by atoms with van der Waals surface area (Å²) in [6.45, 7) is 3.06. The molecule has 24 heavy (non-hydrogen) atoms. The van der Waals surface area contributed by atoms with Crippen LogP contribution in [0.5, 0.6) is 0 Å². The molecule has 0 bridgehead atoms. The van der Waals surface area contributed by atoms with Gasteiger partial charge in [-0.15, -0.1) is 0 Å². The van der Waals surface area contributed by atoms with Crippen LogP contribution in [0.25, 0.3) is 10.9 Å². The van der Waals surface area contributed by atoms with Crippen molar-refractivity contribution in [3.05, 3.63) is 65.1 Å². The molecule has 1 N–H and O–H groups in total. The lowest BCUT2D eigenvalue weighted by Gasteiger charge is -2.08. The van der Waals surface area contributed by atoms with Crippen molar-refractivity contribution >= 4 is 16.9 Å². The van der Waals surface area contributed by atoms with Crippen LogP contribution >= 0.6 is 0 Å². The molecule has 2 aromatic heterocycles. The van der Waals surface area contributed by atoms with Gasteiger partial charge in [0.15, 0.2) is 0 Å². The van der Waals surface area contributed by atoms with Gasteiger partial charge in [0.1, 0.15) is 0 Å². The number of hydrogen-bond acceptors (Lipinski definition) is 2. The summed E-state index contributed by atoms with van der Waals surface area (Å²) in [5.41, 5.74) is 4.33. The second-order valence-corrected chi connectivity index (χ2v) is 6.51. The number of aryl methyl sites for hydroxylation is 1. The Morgan fingerprint density at radius 3 is 2.83 bits per heavy atom. The molecule has 0 aliphatic heterocycles. The van der Waals surface area contributed by atoms with Gasteiger partial charge < -0.3 is 9.67 Å². The Morgan fingerprint density at radius 1 is 1.29 bits per heavy atom. The molecular formula is C20H20N2O2. The van der Waals surface area contributed by atoms with Crippen molar-refractivity contribution in [3.8, 4) is 0 Å². The molecule has 0 atom stereocenters. The molecule has 0 radical (unpaired) electrons. The van der Waals surface area contributed by atoms with Gasteiger partial charge in [0.05, 0.1) is 11.3 Å². The van der Waals surface area contributed by atoms with Crippen molar-refractivity contribution in [2.45, 2.75) is 38.6 Å². The molecule has 3 aromatic rings. The monoisotopic (exact) mass is 320 g/mol. The van der Waals surface area contributed by atoms with Gasteiger partial charge in [-0.3, -0.25) is 4.98 Å². The highest BCUT2D eigenvalue weighted by molar-refractivity contribution is 5.89. The van der Waals surface area contributed by atoms with E-state index in [1.54, 1.807) is 0 Å². The van der Waals surface area contributed by atoms with Crippen molar-refractivity contribution in [2.24, 2.45) is 0 Å². The smallest absolute Gasteiger partial charge is 0.337 e. The van der Waals surface area contributed by atoms with Gasteiger partial charge in [0.25, 0.3) is 0 Å². The van der Waals surface area contributed by atoms with E-state index in [1.807, 2.05) is 12.3 Å². The summed E-state index contributed by atoms with van der Waals surface area (Å²) in [6.07, 6.45) is 6.77. The zero-order valence-corrected chi connectivity index (χ0v) is 13.7. The van der Waals surface area contributed by atoms with E-state index in [0.717, 1.165) is 30.5 Å². The fraction of sp³-hybridized carbons (Fsp3) is 0.300. The van der Waals surface area contributed by atoms with Crippen molar-refractivity contribution in [2.75, 3.05) is 0 Å². The molecule has 2 heterocycles. The first-order valence-electron chi connectivity index (χ1n) is 8.45. The van der Waals surface area contributed by atoms with Gasteiger partial charge in [-0.25, -0.2) is 4.79 Å². The lowest BCUT2D eigenvalue weighted by atomic mass is 10.0. The molecule has 122 valence electrons. The standard InChI is InChI=1S/C20H20N2O2/c1-2-22-8-7-15-9-13(3-6-19(15)22)10-18-17(20(23)24)11-16(12-21-18)14-4-5-14/h3,6-9,11-12,14H,2,4-5,10H2,1H3,(H,23,24). The second kappa shape index (κ2) is 5.78. The molecule has 1 aliphatic carbocycles.